The monoisotopic (exact) mass is 364 g/mol. The fourth-order valence-electron chi connectivity index (χ4n) is 4.27. The highest BCUT2D eigenvalue weighted by Crippen LogP contribution is 2.27. The summed E-state index contributed by atoms with van der Waals surface area (Å²) in [5.41, 5.74) is 3.54. The van der Waals surface area contributed by atoms with Crippen molar-refractivity contribution in [3.8, 4) is 6.07 Å². The number of nitrogens with zero attached hydrogens (tertiary/aromatic N) is 4. The third-order valence-electron chi connectivity index (χ3n) is 5.70. The standard InChI is InChI=1S/C21H24N4O2/c1-15-20(10-22)19-6-8-25(13-17(19)11-23-15)21(26)16-4-2-7-24(12-16)14-18-5-3-9-27-18/h3,5,9,11,16H,2,4,6-8,12-14H2,1H3/t16-/m0/s1. The predicted molar refractivity (Wildman–Crippen MR) is 99.5 cm³/mol. The molecule has 1 saturated heterocycles. The number of furan rings is 1. The summed E-state index contributed by atoms with van der Waals surface area (Å²) in [4.78, 5) is 21.7. The van der Waals surface area contributed by atoms with Crippen LogP contribution in [0.2, 0.25) is 0 Å². The Hall–Kier alpha value is -2.65. The molecule has 6 nitrogen and oxygen atoms in total. The summed E-state index contributed by atoms with van der Waals surface area (Å²) in [5.74, 6) is 1.20. The number of piperidine rings is 1. The molecule has 0 bridgehead atoms. The summed E-state index contributed by atoms with van der Waals surface area (Å²) in [7, 11) is 0. The second-order valence-corrected chi connectivity index (χ2v) is 7.50. The molecule has 4 heterocycles. The molecule has 0 N–H and O–H groups in total. The first-order chi connectivity index (χ1) is 13.2. The first kappa shape index (κ1) is 17.7. The molecule has 4 rings (SSSR count). The van der Waals surface area contributed by atoms with E-state index in [4.69, 9.17) is 4.42 Å². The highest BCUT2D eigenvalue weighted by Gasteiger charge is 2.32. The highest BCUT2D eigenvalue weighted by molar-refractivity contribution is 5.79. The fraction of sp³-hybridized carbons (Fsp3) is 0.476. The molecule has 0 radical (unpaired) electrons. The lowest BCUT2D eigenvalue weighted by Crippen LogP contribution is -2.46. The van der Waals surface area contributed by atoms with Gasteiger partial charge in [-0.3, -0.25) is 14.7 Å². The zero-order valence-corrected chi connectivity index (χ0v) is 15.6. The number of rotatable bonds is 3. The first-order valence-corrected chi connectivity index (χ1v) is 9.56. The number of aromatic nitrogens is 1. The lowest BCUT2D eigenvalue weighted by Gasteiger charge is -2.36. The van der Waals surface area contributed by atoms with Gasteiger partial charge in [0.2, 0.25) is 5.91 Å². The van der Waals surface area contributed by atoms with E-state index in [0.29, 0.717) is 18.7 Å². The summed E-state index contributed by atoms with van der Waals surface area (Å²) >= 11 is 0. The van der Waals surface area contributed by atoms with Gasteiger partial charge in [-0.25, -0.2) is 0 Å². The van der Waals surface area contributed by atoms with Gasteiger partial charge in [-0.2, -0.15) is 5.26 Å². The summed E-state index contributed by atoms with van der Waals surface area (Å²) in [5, 5.41) is 9.40. The van der Waals surface area contributed by atoms with Crippen molar-refractivity contribution in [2.45, 2.75) is 39.3 Å². The molecule has 27 heavy (non-hydrogen) atoms. The smallest absolute Gasteiger partial charge is 0.227 e. The van der Waals surface area contributed by atoms with Crippen LogP contribution in [0.1, 0.15) is 41.0 Å². The van der Waals surface area contributed by atoms with Gasteiger partial charge in [0, 0.05) is 25.8 Å². The fourth-order valence-corrected chi connectivity index (χ4v) is 4.27. The Morgan fingerprint density at radius 2 is 2.33 bits per heavy atom. The minimum atomic E-state index is 0.0316. The Kier molecular flexibility index (Phi) is 4.95. The van der Waals surface area contributed by atoms with E-state index in [1.165, 1.54) is 0 Å². The number of nitriles is 1. The van der Waals surface area contributed by atoms with Crippen LogP contribution in [0.15, 0.2) is 29.0 Å². The van der Waals surface area contributed by atoms with Gasteiger partial charge in [-0.05, 0) is 56.0 Å². The van der Waals surface area contributed by atoms with E-state index in [2.05, 4.69) is 16.0 Å². The average molecular weight is 364 g/mol. The molecule has 0 spiro atoms. The maximum absolute atomic E-state index is 13.1. The number of carbonyl (C=O) groups is 1. The molecular formula is C21H24N4O2. The van der Waals surface area contributed by atoms with Crippen molar-refractivity contribution in [3.63, 3.8) is 0 Å². The van der Waals surface area contributed by atoms with Crippen molar-refractivity contribution in [1.29, 1.82) is 5.26 Å². The molecule has 2 aliphatic rings. The second kappa shape index (κ2) is 7.53. The number of aryl methyl sites for hydroxylation is 1. The SMILES string of the molecule is Cc1ncc2c(c1C#N)CCN(C(=O)[C@H]1CCCN(Cc3ccco3)C1)C2. The van der Waals surface area contributed by atoms with Crippen LogP contribution in [0, 0.1) is 24.2 Å². The van der Waals surface area contributed by atoms with E-state index in [9.17, 15) is 10.1 Å². The lowest BCUT2D eigenvalue weighted by atomic mass is 9.92. The van der Waals surface area contributed by atoms with Crippen molar-refractivity contribution in [1.82, 2.24) is 14.8 Å². The molecule has 0 saturated carbocycles. The average Bonchev–Trinajstić information content (AvgIpc) is 3.20. The largest absolute Gasteiger partial charge is 0.468 e. The third-order valence-corrected chi connectivity index (χ3v) is 5.70. The maximum atomic E-state index is 13.1. The van der Waals surface area contributed by atoms with Crippen LogP contribution in [0.25, 0.3) is 0 Å². The number of hydrogen-bond donors (Lipinski definition) is 0. The van der Waals surface area contributed by atoms with E-state index in [0.717, 1.165) is 61.5 Å². The Labute approximate surface area is 159 Å². The molecule has 2 aromatic rings. The van der Waals surface area contributed by atoms with E-state index in [1.807, 2.05) is 30.2 Å². The van der Waals surface area contributed by atoms with Gasteiger partial charge in [0.1, 0.15) is 11.8 Å². The van der Waals surface area contributed by atoms with Crippen LogP contribution >= 0.6 is 0 Å². The van der Waals surface area contributed by atoms with Crippen molar-refractivity contribution < 1.29 is 9.21 Å². The van der Waals surface area contributed by atoms with Crippen molar-refractivity contribution >= 4 is 5.91 Å². The number of amides is 1. The molecule has 6 heteroatoms. The summed E-state index contributed by atoms with van der Waals surface area (Å²) in [6.07, 6.45) is 6.22. The van der Waals surface area contributed by atoms with Crippen molar-refractivity contribution in [2.75, 3.05) is 19.6 Å². The minimum Gasteiger partial charge on any atom is -0.468 e. The van der Waals surface area contributed by atoms with Crippen LogP contribution in [-0.2, 0) is 24.3 Å². The highest BCUT2D eigenvalue weighted by atomic mass is 16.3. The molecular weight excluding hydrogens is 340 g/mol. The van der Waals surface area contributed by atoms with Crippen molar-refractivity contribution in [3.05, 3.63) is 52.7 Å². The Morgan fingerprint density at radius 3 is 3.11 bits per heavy atom. The van der Waals surface area contributed by atoms with E-state index < -0.39 is 0 Å². The molecule has 0 unspecified atom stereocenters. The van der Waals surface area contributed by atoms with Gasteiger partial charge in [-0.1, -0.05) is 0 Å². The second-order valence-electron chi connectivity index (χ2n) is 7.50. The number of hydrogen-bond acceptors (Lipinski definition) is 5. The van der Waals surface area contributed by atoms with E-state index >= 15 is 0 Å². The molecule has 0 aliphatic carbocycles. The van der Waals surface area contributed by atoms with Crippen LogP contribution in [0.5, 0.6) is 0 Å². The van der Waals surface area contributed by atoms with Gasteiger partial charge in [0.05, 0.1) is 30.0 Å². The van der Waals surface area contributed by atoms with E-state index in [1.54, 1.807) is 6.26 Å². The van der Waals surface area contributed by atoms with Gasteiger partial charge in [0.15, 0.2) is 0 Å². The van der Waals surface area contributed by atoms with Crippen molar-refractivity contribution in [2.24, 2.45) is 5.92 Å². The van der Waals surface area contributed by atoms with Crippen LogP contribution in [0.3, 0.4) is 0 Å². The number of pyridine rings is 1. The minimum absolute atomic E-state index is 0.0316. The van der Waals surface area contributed by atoms with E-state index in [-0.39, 0.29) is 11.8 Å². The number of likely N-dealkylation sites (tertiary alicyclic amines) is 1. The van der Waals surface area contributed by atoms with Gasteiger partial charge < -0.3 is 9.32 Å². The lowest BCUT2D eigenvalue weighted by molar-refractivity contribution is -0.138. The topological polar surface area (TPSA) is 73.4 Å². The van der Waals surface area contributed by atoms with Gasteiger partial charge in [0.25, 0.3) is 0 Å². The number of fused-ring (bicyclic) bond motifs is 1. The molecule has 2 aromatic heterocycles. The predicted octanol–water partition coefficient (Wildman–Crippen LogP) is 2.65. The Bertz CT molecular complexity index is 869. The maximum Gasteiger partial charge on any atom is 0.227 e. The molecule has 2 aliphatic heterocycles. The molecule has 0 aromatic carbocycles. The Balaban J connectivity index is 1.43. The van der Waals surface area contributed by atoms with Gasteiger partial charge >= 0.3 is 0 Å². The molecule has 1 amide bonds. The normalized spacial score (nSPS) is 20.1. The quantitative estimate of drug-likeness (QED) is 0.837. The number of carbonyl (C=O) groups excluding carboxylic acids is 1. The van der Waals surface area contributed by atoms with Crippen LogP contribution in [0.4, 0.5) is 0 Å². The van der Waals surface area contributed by atoms with Crippen LogP contribution < -0.4 is 0 Å². The van der Waals surface area contributed by atoms with Gasteiger partial charge in [-0.15, -0.1) is 0 Å². The first-order valence-electron chi connectivity index (χ1n) is 9.56. The van der Waals surface area contributed by atoms with Crippen LogP contribution in [-0.4, -0.2) is 40.3 Å². The molecule has 1 atom stereocenters. The Morgan fingerprint density at radius 1 is 1.44 bits per heavy atom. The zero-order valence-electron chi connectivity index (χ0n) is 15.6. The molecule has 140 valence electrons. The zero-order chi connectivity index (χ0) is 18.8. The third kappa shape index (κ3) is 3.60. The summed E-state index contributed by atoms with van der Waals surface area (Å²) in [6, 6.07) is 6.16. The summed E-state index contributed by atoms with van der Waals surface area (Å²) < 4.78 is 5.45. The molecule has 1 fully saturated rings. The summed E-state index contributed by atoms with van der Waals surface area (Å²) in [6.45, 7) is 5.64.